The number of aliphatic carboxylic acids is 1. The van der Waals surface area contributed by atoms with E-state index in [1.165, 1.54) is 0 Å². The first-order valence-corrected chi connectivity index (χ1v) is 6.43. The molecular weight excluding hydrogens is 230 g/mol. The quantitative estimate of drug-likeness (QED) is 0.602. The van der Waals surface area contributed by atoms with Crippen LogP contribution in [-0.2, 0) is 9.59 Å². The van der Waals surface area contributed by atoms with Crippen molar-refractivity contribution in [2.75, 3.05) is 13.1 Å². The van der Waals surface area contributed by atoms with Gasteiger partial charge in [-0.25, -0.2) is 0 Å². The van der Waals surface area contributed by atoms with Gasteiger partial charge < -0.3 is 10.0 Å². The van der Waals surface area contributed by atoms with Gasteiger partial charge in [0.25, 0.3) is 0 Å². The van der Waals surface area contributed by atoms with Crippen molar-refractivity contribution < 1.29 is 14.7 Å². The molecule has 18 heavy (non-hydrogen) atoms. The van der Waals surface area contributed by atoms with Gasteiger partial charge in [-0.15, -0.1) is 0 Å². The van der Waals surface area contributed by atoms with Gasteiger partial charge in [-0.1, -0.05) is 18.2 Å². The first-order chi connectivity index (χ1) is 8.63. The lowest BCUT2D eigenvalue weighted by molar-refractivity contribution is -0.137. The summed E-state index contributed by atoms with van der Waals surface area (Å²) in [6.07, 6.45) is 9.83. The molecule has 4 nitrogen and oxygen atoms in total. The van der Waals surface area contributed by atoms with Gasteiger partial charge in [0.15, 0.2) is 0 Å². The van der Waals surface area contributed by atoms with E-state index in [-0.39, 0.29) is 12.3 Å². The maximum atomic E-state index is 11.8. The molecule has 4 heteroatoms. The molecule has 1 aliphatic heterocycles. The van der Waals surface area contributed by atoms with Crippen LogP contribution in [-0.4, -0.2) is 35.0 Å². The molecule has 1 aliphatic rings. The number of allylic oxidation sites excluding steroid dienone is 3. The molecule has 0 bridgehead atoms. The van der Waals surface area contributed by atoms with E-state index >= 15 is 0 Å². The van der Waals surface area contributed by atoms with Gasteiger partial charge in [-0.3, -0.25) is 9.59 Å². The monoisotopic (exact) mass is 251 g/mol. The zero-order valence-electron chi connectivity index (χ0n) is 10.8. The second kappa shape index (κ2) is 7.69. The Kier molecular flexibility index (Phi) is 6.19. The molecule has 1 N–H and O–H groups in total. The van der Waals surface area contributed by atoms with Crippen LogP contribution >= 0.6 is 0 Å². The number of rotatable bonds is 5. The number of nitrogens with zero attached hydrogens (tertiary/aromatic N) is 1. The number of amides is 1. The van der Waals surface area contributed by atoms with Crippen LogP contribution in [0.5, 0.6) is 0 Å². The van der Waals surface area contributed by atoms with E-state index in [1.54, 1.807) is 12.2 Å². The SMILES string of the molecule is CC=CC=CC(=O)N1CCC(CCC(=O)O)CC1. The standard InChI is InChI=1S/C14H21NO3/c1-2-3-4-5-13(16)15-10-8-12(9-11-15)6-7-14(17)18/h2-5,12H,6-11H2,1H3,(H,17,18). The largest absolute Gasteiger partial charge is 0.481 e. The van der Waals surface area contributed by atoms with Crippen LogP contribution in [0.1, 0.15) is 32.6 Å². The van der Waals surface area contributed by atoms with E-state index in [1.807, 2.05) is 24.0 Å². The van der Waals surface area contributed by atoms with Gasteiger partial charge in [0.2, 0.25) is 5.91 Å². The number of carbonyl (C=O) groups excluding carboxylic acids is 1. The molecule has 0 aromatic carbocycles. The average molecular weight is 251 g/mol. The molecular formula is C14H21NO3. The van der Waals surface area contributed by atoms with Crippen molar-refractivity contribution in [3.8, 4) is 0 Å². The molecule has 0 unspecified atom stereocenters. The highest BCUT2D eigenvalue weighted by Crippen LogP contribution is 2.21. The minimum atomic E-state index is -0.734. The van der Waals surface area contributed by atoms with Crippen LogP contribution in [0.3, 0.4) is 0 Å². The molecule has 0 atom stereocenters. The minimum absolute atomic E-state index is 0.0461. The molecule has 100 valence electrons. The summed E-state index contributed by atoms with van der Waals surface area (Å²) < 4.78 is 0. The van der Waals surface area contributed by atoms with Gasteiger partial charge in [0.05, 0.1) is 0 Å². The summed E-state index contributed by atoms with van der Waals surface area (Å²) in [5, 5.41) is 8.62. The van der Waals surface area contributed by atoms with Crippen molar-refractivity contribution in [3.05, 3.63) is 24.3 Å². The molecule has 0 aromatic rings. The van der Waals surface area contributed by atoms with Gasteiger partial charge in [0.1, 0.15) is 0 Å². The normalized spacial score (nSPS) is 17.7. The Balaban J connectivity index is 2.30. The van der Waals surface area contributed by atoms with Crippen molar-refractivity contribution in [3.63, 3.8) is 0 Å². The van der Waals surface area contributed by atoms with Gasteiger partial charge in [0, 0.05) is 25.6 Å². The number of piperidine rings is 1. The topological polar surface area (TPSA) is 57.6 Å². The molecule has 1 saturated heterocycles. The Morgan fingerprint density at radius 1 is 1.28 bits per heavy atom. The summed E-state index contributed by atoms with van der Waals surface area (Å²) in [5.41, 5.74) is 0. The predicted octanol–water partition coefficient (Wildman–Crippen LogP) is 2.22. The summed E-state index contributed by atoms with van der Waals surface area (Å²) in [4.78, 5) is 24.1. The Bertz CT molecular complexity index is 339. The molecule has 1 heterocycles. The first-order valence-electron chi connectivity index (χ1n) is 6.43. The highest BCUT2D eigenvalue weighted by Gasteiger charge is 2.21. The van der Waals surface area contributed by atoms with E-state index in [0.29, 0.717) is 5.92 Å². The maximum absolute atomic E-state index is 11.8. The highest BCUT2D eigenvalue weighted by molar-refractivity contribution is 5.87. The number of carboxylic acids is 1. The number of carbonyl (C=O) groups is 2. The minimum Gasteiger partial charge on any atom is -0.481 e. The summed E-state index contributed by atoms with van der Waals surface area (Å²) in [6.45, 7) is 3.38. The van der Waals surface area contributed by atoms with E-state index in [2.05, 4.69) is 0 Å². The molecule has 1 fully saturated rings. The molecule has 0 saturated carbocycles. The van der Waals surface area contributed by atoms with Crippen LogP contribution in [0, 0.1) is 5.92 Å². The Hall–Kier alpha value is -1.58. The molecule has 0 radical (unpaired) electrons. The average Bonchev–Trinajstić information content (AvgIpc) is 2.37. The third-order valence-corrected chi connectivity index (χ3v) is 3.24. The molecule has 1 rings (SSSR count). The Morgan fingerprint density at radius 2 is 1.94 bits per heavy atom. The van der Waals surface area contributed by atoms with E-state index < -0.39 is 5.97 Å². The second-order valence-corrected chi connectivity index (χ2v) is 4.59. The van der Waals surface area contributed by atoms with Crippen molar-refractivity contribution in [2.45, 2.75) is 32.6 Å². The highest BCUT2D eigenvalue weighted by atomic mass is 16.4. The lowest BCUT2D eigenvalue weighted by Crippen LogP contribution is -2.37. The Morgan fingerprint density at radius 3 is 2.50 bits per heavy atom. The summed E-state index contributed by atoms with van der Waals surface area (Å²) in [6, 6.07) is 0. The Labute approximate surface area is 108 Å². The van der Waals surface area contributed by atoms with E-state index in [0.717, 1.165) is 32.4 Å². The summed E-state index contributed by atoms with van der Waals surface area (Å²) >= 11 is 0. The van der Waals surface area contributed by atoms with E-state index in [9.17, 15) is 9.59 Å². The number of likely N-dealkylation sites (tertiary alicyclic amines) is 1. The van der Waals surface area contributed by atoms with Gasteiger partial charge in [-0.05, 0) is 32.1 Å². The smallest absolute Gasteiger partial charge is 0.303 e. The van der Waals surface area contributed by atoms with Crippen LogP contribution in [0.25, 0.3) is 0 Å². The number of carboxylic acid groups (broad SMARTS) is 1. The first kappa shape index (κ1) is 14.5. The third-order valence-electron chi connectivity index (χ3n) is 3.24. The zero-order valence-corrected chi connectivity index (χ0v) is 10.8. The van der Waals surface area contributed by atoms with Crippen molar-refractivity contribution >= 4 is 11.9 Å². The number of hydrogen-bond donors (Lipinski definition) is 1. The van der Waals surface area contributed by atoms with Crippen molar-refractivity contribution in [1.82, 2.24) is 4.90 Å². The van der Waals surface area contributed by atoms with Gasteiger partial charge >= 0.3 is 5.97 Å². The predicted molar refractivity (Wildman–Crippen MR) is 70.1 cm³/mol. The fourth-order valence-electron chi connectivity index (χ4n) is 2.12. The summed E-state index contributed by atoms with van der Waals surface area (Å²) in [7, 11) is 0. The fourth-order valence-corrected chi connectivity index (χ4v) is 2.12. The van der Waals surface area contributed by atoms with Crippen LogP contribution < -0.4 is 0 Å². The number of hydrogen-bond acceptors (Lipinski definition) is 2. The van der Waals surface area contributed by atoms with Crippen LogP contribution in [0.15, 0.2) is 24.3 Å². The zero-order chi connectivity index (χ0) is 13.4. The maximum Gasteiger partial charge on any atom is 0.303 e. The molecule has 0 aromatic heterocycles. The van der Waals surface area contributed by atoms with Crippen LogP contribution in [0.4, 0.5) is 0 Å². The van der Waals surface area contributed by atoms with Crippen molar-refractivity contribution in [1.29, 1.82) is 0 Å². The third kappa shape index (κ3) is 5.17. The molecule has 0 aliphatic carbocycles. The van der Waals surface area contributed by atoms with Crippen molar-refractivity contribution in [2.24, 2.45) is 5.92 Å². The second-order valence-electron chi connectivity index (χ2n) is 4.59. The van der Waals surface area contributed by atoms with E-state index in [4.69, 9.17) is 5.11 Å². The molecule has 1 amide bonds. The van der Waals surface area contributed by atoms with Crippen LogP contribution in [0.2, 0.25) is 0 Å². The lowest BCUT2D eigenvalue weighted by Gasteiger charge is -2.31. The fraction of sp³-hybridized carbons (Fsp3) is 0.571. The summed E-state index contributed by atoms with van der Waals surface area (Å²) in [5.74, 6) is -0.239. The van der Waals surface area contributed by atoms with Gasteiger partial charge in [-0.2, -0.15) is 0 Å². The lowest BCUT2D eigenvalue weighted by atomic mass is 9.92. The molecule has 0 spiro atoms.